The zero-order valence-electron chi connectivity index (χ0n) is 11.8. The molecule has 0 saturated heterocycles. The van der Waals surface area contributed by atoms with Gasteiger partial charge in [-0.3, -0.25) is 0 Å². The van der Waals surface area contributed by atoms with Gasteiger partial charge in [-0.25, -0.2) is 9.78 Å². The van der Waals surface area contributed by atoms with Crippen molar-refractivity contribution in [2.75, 3.05) is 0 Å². The number of hydrogen-bond acceptors (Lipinski definition) is 3. The predicted molar refractivity (Wildman–Crippen MR) is 65.8 cm³/mol. The highest BCUT2D eigenvalue weighted by molar-refractivity contribution is 4.71. The van der Waals surface area contributed by atoms with Gasteiger partial charge in [0, 0.05) is 6.42 Å². The van der Waals surface area contributed by atoms with Crippen LogP contribution in [0.3, 0.4) is 0 Å². The number of aliphatic hydroxyl groups is 1. The molecule has 1 atom stereocenters. The van der Waals surface area contributed by atoms with Crippen molar-refractivity contribution in [1.82, 2.24) is 0 Å². The average molecular weight is 232 g/mol. The summed E-state index contributed by atoms with van der Waals surface area (Å²) < 4.78 is 0. The van der Waals surface area contributed by atoms with Crippen LogP contribution in [0.15, 0.2) is 0 Å². The van der Waals surface area contributed by atoms with Crippen LogP contribution in [0.4, 0.5) is 0 Å². The fourth-order valence-corrected chi connectivity index (χ4v) is 0.892. The van der Waals surface area contributed by atoms with Gasteiger partial charge in [0.05, 0.1) is 0 Å². The second kappa shape index (κ2) is 5.99. The van der Waals surface area contributed by atoms with Crippen molar-refractivity contribution in [3.8, 4) is 0 Å². The van der Waals surface area contributed by atoms with E-state index in [1.165, 1.54) is 0 Å². The SMILES string of the molecule is CC(C)CCC(C)(O)OOC(C)(C)C(C)C. The highest BCUT2D eigenvalue weighted by atomic mass is 17.2. The summed E-state index contributed by atoms with van der Waals surface area (Å²) in [6.45, 7) is 13.9. The lowest BCUT2D eigenvalue weighted by Crippen LogP contribution is -2.37. The second-order valence-electron chi connectivity index (χ2n) is 6.03. The maximum absolute atomic E-state index is 9.96. The van der Waals surface area contributed by atoms with Crippen LogP contribution in [0.25, 0.3) is 0 Å². The van der Waals surface area contributed by atoms with Gasteiger partial charge in [-0.05, 0) is 39.0 Å². The van der Waals surface area contributed by atoms with Crippen LogP contribution >= 0.6 is 0 Å². The van der Waals surface area contributed by atoms with Crippen LogP contribution in [-0.4, -0.2) is 16.5 Å². The molecule has 0 aliphatic carbocycles. The van der Waals surface area contributed by atoms with E-state index in [4.69, 9.17) is 9.78 Å². The molecule has 0 aliphatic heterocycles. The quantitative estimate of drug-likeness (QED) is 0.415. The van der Waals surface area contributed by atoms with Gasteiger partial charge < -0.3 is 5.11 Å². The molecule has 3 nitrogen and oxygen atoms in total. The minimum Gasteiger partial charge on any atom is -0.363 e. The first-order valence-corrected chi connectivity index (χ1v) is 6.16. The lowest BCUT2D eigenvalue weighted by molar-refractivity contribution is -0.456. The fourth-order valence-electron chi connectivity index (χ4n) is 0.892. The maximum Gasteiger partial charge on any atom is 0.196 e. The summed E-state index contributed by atoms with van der Waals surface area (Å²) in [7, 11) is 0. The smallest absolute Gasteiger partial charge is 0.196 e. The summed E-state index contributed by atoms with van der Waals surface area (Å²) in [6, 6.07) is 0. The largest absolute Gasteiger partial charge is 0.363 e. The van der Waals surface area contributed by atoms with Gasteiger partial charge in [-0.15, -0.1) is 0 Å². The fraction of sp³-hybridized carbons (Fsp3) is 1.00. The molecule has 0 fully saturated rings. The molecule has 0 aliphatic rings. The lowest BCUT2D eigenvalue weighted by Gasteiger charge is -2.32. The molecule has 1 unspecified atom stereocenters. The van der Waals surface area contributed by atoms with E-state index < -0.39 is 5.79 Å². The Kier molecular flexibility index (Phi) is 5.94. The van der Waals surface area contributed by atoms with E-state index in [2.05, 4.69) is 27.7 Å². The summed E-state index contributed by atoms with van der Waals surface area (Å²) >= 11 is 0. The molecule has 0 aromatic rings. The van der Waals surface area contributed by atoms with Crippen molar-refractivity contribution in [3.63, 3.8) is 0 Å². The van der Waals surface area contributed by atoms with E-state index >= 15 is 0 Å². The van der Waals surface area contributed by atoms with Gasteiger partial charge >= 0.3 is 0 Å². The molecule has 1 N–H and O–H groups in total. The minimum absolute atomic E-state index is 0.327. The molecule has 0 aromatic carbocycles. The van der Waals surface area contributed by atoms with E-state index in [0.29, 0.717) is 18.3 Å². The van der Waals surface area contributed by atoms with Gasteiger partial charge in [-0.2, -0.15) is 0 Å². The van der Waals surface area contributed by atoms with Crippen molar-refractivity contribution in [2.45, 2.75) is 72.7 Å². The number of hydrogen-bond donors (Lipinski definition) is 1. The van der Waals surface area contributed by atoms with E-state index in [1.807, 2.05) is 13.8 Å². The summed E-state index contributed by atoms with van der Waals surface area (Å²) in [5, 5.41) is 9.96. The molecule has 0 heterocycles. The molecule has 16 heavy (non-hydrogen) atoms. The molecular formula is C13H28O3. The van der Waals surface area contributed by atoms with Crippen molar-refractivity contribution in [1.29, 1.82) is 0 Å². The monoisotopic (exact) mass is 232 g/mol. The Morgan fingerprint density at radius 2 is 1.50 bits per heavy atom. The molecule has 98 valence electrons. The van der Waals surface area contributed by atoms with Crippen molar-refractivity contribution < 1.29 is 14.9 Å². The third-order valence-electron chi connectivity index (χ3n) is 3.01. The molecule has 0 spiro atoms. The second-order valence-corrected chi connectivity index (χ2v) is 6.03. The predicted octanol–water partition coefficient (Wildman–Crippen LogP) is 3.51. The Morgan fingerprint density at radius 1 is 1.00 bits per heavy atom. The van der Waals surface area contributed by atoms with Crippen molar-refractivity contribution in [3.05, 3.63) is 0 Å². The van der Waals surface area contributed by atoms with Crippen LogP contribution in [0.2, 0.25) is 0 Å². The highest BCUT2D eigenvalue weighted by Crippen LogP contribution is 2.25. The highest BCUT2D eigenvalue weighted by Gasteiger charge is 2.30. The topological polar surface area (TPSA) is 38.7 Å². The Balaban J connectivity index is 4.07. The molecular weight excluding hydrogens is 204 g/mol. The summed E-state index contributed by atoms with van der Waals surface area (Å²) in [4.78, 5) is 10.5. The first kappa shape index (κ1) is 15.9. The van der Waals surface area contributed by atoms with Crippen LogP contribution in [0.1, 0.15) is 61.3 Å². The summed E-state index contributed by atoms with van der Waals surface area (Å²) in [5.41, 5.74) is -0.387. The van der Waals surface area contributed by atoms with E-state index in [0.717, 1.165) is 6.42 Å². The lowest BCUT2D eigenvalue weighted by atomic mass is 9.95. The average Bonchev–Trinajstić information content (AvgIpc) is 2.12. The molecule has 0 saturated carbocycles. The van der Waals surface area contributed by atoms with Crippen molar-refractivity contribution >= 4 is 0 Å². The van der Waals surface area contributed by atoms with Gasteiger partial charge in [0.2, 0.25) is 0 Å². The molecule has 0 bridgehead atoms. The third-order valence-corrected chi connectivity index (χ3v) is 3.01. The zero-order valence-corrected chi connectivity index (χ0v) is 11.8. The Morgan fingerprint density at radius 3 is 1.88 bits per heavy atom. The standard InChI is InChI=1S/C13H28O3/c1-10(2)8-9-13(7,14)16-15-12(5,6)11(3)4/h10-11,14H,8-9H2,1-7H3. The maximum atomic E-state index is 9.96. The minimum atomic E-state index is -1.20. The first-order valence-electron chi connectivity index (χ1n) is 6.16. The molecule has 0 radical (unpaired) electrons. The summed E-state index contributed by atoms with van der Waals surface area (Å²) in [6.07, 6.45) is 1.50. The van der Waals surface area contributed by atoms with E-state index in [9.17, 15) is 5.11 Å². The molecule has 0 rings (SSSR count). The Bertz CT molecular complexity index is 195. The molecule has 0 amide bonds. The Labute approximate surface area is 100 Å². The first-order chi connectivity index (χ1) is 7.07. The van der Waals surface area contributed by atoms with Crippen molar-refractivity contribution in [2.24, 2.45) is 11.8 Å². The molecule has 3 heteroatoms. The van der Waals surface area contributed by atoms with E-state index in [1.54, 1.807) is 6.92 Å². The third kappa shape index (κ3) is 6.46. The van der Waals surface area contributed by atoms with E-state index in [-0.39, 0.29) is 5.60 Å². The van der Waals surface area contributed by atoms with Gasteiger partial charge in [0.15, 0.2) is 5.79 Å². The van der Waals surface area contributed by atoms with Gasteiger partial charge in [0.1, 0.15) is 5.60 Å². The zero-order chi connectivity index (χ0) is 13.0. The van der Waals surface area contributed by atoms with Crippen LogP contribution in [-0.2, 0) is 9.78 Å². The Hall–Kier alpha value is -0.120. The normalized spacial score (nSPS) is 16.9. The van der Waals surface area contributed by atoms with Crippen LogP contribution in [0, 0.1) is 11.8 Å². The van der Waals surface area contributed by atoms with Crippen LogP contribution < -0.4 is 0 Å². The summed E-state index contributed by atoms with van der Waals surface area (Å²) in [5.74, 6) is -0.322. The van der Waals surface area contributed by atoms with Gasteiger partial charge in [-0.1, -0.05) is 27.7 Å². The van der Waals surface area contributed by atoms with Gasteiger partial charge in [0.25, 0.3) is 0 Å². The van der Waals surface area contributed by atoms with Crippen LogP contribution in [0.5, 0.6) is 0 Å². The number of rotatable bonds is 7. The molecule has 0 aromatic heterocycles.